The average Bonchev–Trinajstić information content (AvgIpc) is 3.05. The third-order valence-electron chi connectivity index (χ3n) is 6.23. The van der Waals surface area contributed by atoms with Crippen molar-refractivity contribution in [2.75, 3.05) is 0 Å². The number of aromatic nitrogens is 2. The molecule has 5 heteroatoms. The predicted octanol–water partition coefficient (Wildman–Crippen LogP) is 5.22. The van der Waals surface area contributed by atoms with Crippen LogP contribution in [0.1, 0.15) is 43.7 Å². The topological polar surface area (TPSA) is 66.3 Å². The van der Waals surface area contributed by atoms with E-state index in [1.165, 1.54) is 32.8 Å². The van der Waals surface area contributed by atoms with E-state index in [2.05, 4.69) is 48.4 Å². The van der Waals surface area contributed by atoms with Crippen molar-refractivity contribution in [1.29, 1.82) is 0 Å². The summed E-state index contributed by atoms with van der Waals surface area (Å²) >= 11 is 0. The number of benzene rings is 2. The molecule has 0 saturated carbocycles. The summed E-state index contributed by atoms with van der Waals surface area (Å²) in [5.41, 5.74) is 4.89. The third-order valence-corrected chi connectivity index (χ3v) is 6.23. The number of carboxylic acid groups (broad SMARTS) is 1. The molecule has 0 atom stereocenters. The average molecular weight is 406 g/mol. The number of unbranched alkanes of at least 4 members (excludes halogenated alkanes) is 2. The highest BCUT2D eigenvalue weighted by Gasteiger charge is 2.19. The van der Waals surface area contributed by atoms with E-state index in [4.69, 9.17) is 5.11 Å². The van der Waals surface area contributed by atoms with E-state index in [0.717, 1.165) is 43.3 Å². The molecular weight excluding hydrogens is 376 g/mol. The highest BCUT2D eigenvalue weighted by Crippen LogP contribution is 2.39. The molecule has 2 aromatic heterocycles. The summed E-state index contributed by atoms with van der Waals surface area (Å²) in [6.45, 7) is 8.27. The van der Waals surface area contributed by atoms with E-state index < -0.39 is 5.97 Å². The second kappa shape index (κ2) is 7.98. The molecule has 0 spiro atoms. The van der Waals surface area contributed by atoms with Gasteiger partial charge >= 0.3 is 5.97 Å². The molecule has 2 heterocycles. The van der Waals surface area contributed by atoms with Crippen LogP contribution in [0.2, 0.25) is 0 Å². The van der Waals surface area contributed by atoms with Crippen LogP contribution in [0, 0.1) is 13.8 Å². The number of fused-ring (bicyclic) bond motifs is 4. The Hall–Kier alpha value is -3.08. The standard InChI is InChI=1S/C25H28N2O3/c1-4-27-22-10-9-18(28)14-20(22)24-16(2)21-15-26(12-7-5-6-8-23(29)30)13-11-19(21)17(3)25(24)27/h9-11,13-15H,4-8,12H2,1-3H3,(H-,28,29,30)/p+1. The van der Waals surface area contributed by atoms with Crippen LogP contribution >= 0.6 is 0 Å². The molecule has 0 radical (unpaired) electrons. The number of aryl methyl sites for hydroxylation is 4. The van der Waals surface area contributed by atoms with Crippen molar-refractivity contribution in [3.05, 3.63) is 47.8 Å². The molecule has 2 aromatic carbocycles. The van der Waals surface area contributed by atoms with Crippen molar-refractivity contribution >= 4 is 38.5 Å². The summed E-state index contributed by atoms with van der Waals surface area (Å²) in [7, 11) is 0. The van der Waals surface area contributed by atoms with Gasteiger partial charge in [0.25, 0.3) is 0 Å². The number of hydrogen-bond acceptors (Lipinski definition) is 2. The molecule has 0 aliphatic heterocycles. The lowest BCUT2D eigenvalue weighted by molar-refractivity contribution is -0.696. The van der Waals surface area contributed by atoms with Gasteiger partial charge in [0.05, 0.1) is 5.52 Å². The van der Waals surface area contributed by atoms with E-state index >= 15 is 0 Å². The molecule has 0 aliphatic carbocycles. The minimum absolute atomic E-state index is 0.243. The van der Waals surface area contributed by atoms with Gasteiger partial charge in [0.2, 0.25) is 0 Å². The maximum atomic E-state index is 10.7. The maximum Gasteiger partial charge on any atom is 0.303 e. The summed E-state index contributed by atoms with van der Waals surface area (Å²) in [6, 6.07) is 7.84. The van der Waals surface area contributed by atoms with Crippen LogP contribution in [-0.4, -0.2) is 20.7 Å². The number of carbonyl (C=O) groups is 1. The number of aromatic hydroxyl groups is 1. The van der Waals surface area contributed by atoms with Gasteiger partial charge in [-0.3, -0.25) is 4.79 Å². The lowest BCUT2D eigenvalue weighted by atomic mass is 9.97. The number of aliphatic carboxylic acids is 1. The molecule has 0 saturated heterocycles. The predicted molar refractivity (Wildman–Crippen MR) is 120 cm³/mol. The van der Waals surface area contributed by atoms with Crippen molar-refractivity contribution in [1.82, 2.24) is 4.57 Å². The zero-order chi connectivity index (χ0) is 21.4. The summed E-state index contributed by atoms with van der Waals surface area (Å²) in [5, 5.41) is 23.7. The fourth-order valence-electron chi connectivity index (χ4n) is 4.75. The van der Waals surface area contributed by atoms with Crippen molar-refractivity contribution in [3.63, 3.8) is 0 Å². The molecule has 156 valence electrons. The highest BCUT2D eigenvalue weighted by atomic mass is 16.4. The SMILES string of the molecule is CCn1c2ccc(O)cc2c2c(C)c3c[n+](CCCCCC(=O)O)ccc3c(C)c21. The van der Waals surface area contributed by atoms with Crippen LogP contribution in [0.15, 0.2) is 36.7 Å². The Morgan fingerprint density at radius 3 is 2.57 bits per heavy atom. The Morgan fingerprint density at radius 1 is 1.03 bits per heavy atom. The number of phenolic OH excluding ortho intramolecular Hbond substituents is 1. The van der Waals surface area contributed by atoms with Crippen molar-refractivity contribution in [2.45, 2.75) is 59.5 Å². The van der Waals surface area contributed by atoms with Gasteiger partial charge in [0.1, 0.15) is 12.3 Å². The Balaban J connectivity index is 1.82. The van der Waals surface area contributed by atoms with E-state index in [-0.39, 0.29) is 6.42 Å². The first-order valence-corrected chi connectivity index (χ1v) is 10.7. The van der Waals surface area contributed by atoms with Gasteiger partial charge in [0, 0.05) is 47.1 Å². The number of nitrogens with zero attached hydrogens (tertiary/aromatic N) is 2. The second-order valence-electron chi connectivity index (χ2n) is 8.13. The second-order valence-corrected chi connectivity index (χ2v) is 8.13. The monoisotopic (exact) mass is 405 g/mol. The van der Waals surface area contributed by atoms with E-state index in [0.29, 0.717) is 5.75 Å². The summed E-state index contributed by atoms with van der Waals surface area (Å²) in [6.07, 6.45) is 7.19. The van der Waals surface area contributed by atoms with Gasteiger partial charge in [-0.15, -0.1) is 0 Å². The van der Waals surface area contributed by atoms with Crippen LogP contribution in [0.25, 0.3) is 32.6 Å². The minimum Gasteiger partial charge on any atom is -0.508 e. The van der Waals surface area contributed by atoms with Gasteiger partial charge < -0.3 is 14.8 Å². The molecule has 0 amide bonds. The van der Waals surface area contributed by atoms with E-state index in [1.807, 2.05) is 12.1 Å². The minimum atomic E-state index is -0.722. The molecule has 2 N–H and O–H groups in total. The Morgan fingerprint density at radius 2 is 1.83 bits per heavy atom. The Bertz CT molecular complexity index is 1270. The quantitative estimate of drug-likeness (QED) is 0.327. The summed E-state index contributed by atoms with van der Waals surface area (Å²) in [5.74, 6) is -0.431. The number of phenols is 1. The fourth-order valence-corrected chi connectivity index (χ4v) is 4.75. The largest absolute Gasteiger partial charge is 0.508 e. The number of pyridine rings is 1. The molecule has 5 nitrogen and oxygen atoms in total. The first-order chi connectivity index (χ1) is 14.4. The molecule has 0 unspecified atom stereocenters. The summed E-state index contributed by atoms with van der Waals surface area (Å²) < 4.78 is 4.55. The highest BCUT2D eigenvalue weighted by molar-refractivity contribution is 6.17. The Labute approximate surface area is 176 Å². The maximum absolute atomic E-state index is 10.7. The number of rotatable bonds is 7. The lowest BCUT2D eigenvalue weighted by Crippen LogP contribution is -2.32. The van der Waals surface area contributed by atoms with Crippen LogP contribution in [-0.2, 0) is 17.9 Å². The zero-order valence-corrected chi connectivity index (χ0v) is 17.9. The van der Waals surface area contributed by atoms with Crippen molar-refractivity contribution in [2.24, 2.45) is 0 Å². The molecule has 4 rings (SSSR count). The number of hydrogen-bond donors (Lipinski definition) is 2. The van der Waals surface area contributed by atoms with Gasteiger partial charge in [-0.2, -0.15) is 0 Å². The first kappa shape index (κ1) is 20.2. The van der Waals surface area contributed by atoms with Crippen molar-refractivity contribution in [3.8, 4) is 5.75 Å². The molecular formula is C25H29N2O3+. The molecule has 0 aliphatic rings. The third kappa shape index (κ3) is 3.38. The molecule has 0 bridgehead atoms. The smallest absolute Gasteiger partial charge is 0.303 e. The molecule has 0 fully saturated rings. The normalized spacial score (nSPS) is 11.7. The van der Waals surface area contributed by atoms with E-state index in [1.54, 1.807) is 6.07 Å². The van der Waals surface area contributed by atoms with Gasteiger partial charge in [-0.25, -0.2) is 4.57 Å². The van der Waals surface area contributed by atoms with Crippen LogP contribution < -0.4 is 4.57 Å². The molecule has 30 heavy (non-hydrogen) atoms. The van der Waals surface area contributed by atoms with Gasteiger partial charge in [0.15, 0.2) is 12.4 Å². The fraction of sp³-hybridized carbons (Fsp3) is 0.360. The van der Waals surface area contributed by atoms with Crippen LogP contribution in [0.4, 0.5) is 0 Å². The van der Waals surface area contributed by atoms with Crippen LogP contribution in [0.3, 0.4) is 0 Å². The van der Waals surface area contributed by atoms with Gasteiger partial charge in [-0.05, 0) is 68.3 Å². The van der Waals surface area contributed by atoms with Crippen LogP contribution in [0.5, 0.6) is 5.75 Å². The van der Waals surface area contributed by atoms with Crippen molar-refractivity contribution < 1.29 is 19.6 Å². The lowest BCUT2D eigenvalue weighted by Gasteiger charge is -2.11. The number of carboxylic acids is 1. The van der Waals surface area contributed by atoms with Gasteiger partial charge in [-0.1, -0.05) is 0 Å². The first-order valence-electron chi connectivity index (χ1n) is 10.7. The zero-order valence-electron chi connectivity index (χ0n) is 17.9. The van der Waals surface area contributed by atoms with E-state index in [9.17, 15) is 9.90 Å². The summed E-state index contributed by atoms with van der Waals surface area (Å²) in [4.78, 5) is 10.7. The molecule has 4 aromatic rings. The Kier molecular flexibility index (Phi) is 5.37.